The number of anilines is 1. The molecule has 12 nitrogen and oxygen atoms in total. The summed E-state index contributed by atoms with van der Waals surface area (Å²) in [6.07, 6.45) is -0.183. The van der Waals surface area contributed by atoms with E-state index in [-0.39, 0.29) is 30.5 Å². The van der Waals surface area contributed by atoms with E-state index in [1.54, 1.807) is 6.07 Å². The van der Waals surface area contributed by atoms with E-state index in [4.69, 9.17) is 10.5 Å². The first-order chi connectivity index (χ1) is 17.1. The molecule has 1 heterocycles. The smallest absolute Gasteiger partial charge is 0.322 e. The number of Topliss-reactive ketones (excluding diaryl/α,β-unsaturated/α-hetero) is 4. The zero-order chi connectivity index (χ0) is 25.9. The maximum atomic E-state index is 13.5. The normalized spacial score (nSPS) is 31.9. The van der Waals surface area contributed by atoms with Crippen LogP contribution in [0.4, 0.5) is 10.5 Å². The Bertz CT molecular complexity index is 1220. The quantitative estimate of drug-likeness (QED) is 0.297. The molecule has 4 aliphatic rings. The molecule has 0 spiro atoms. The molecule has 3 fully saturated rings. The highest BCUT2D eigenvalue weighted by Crippen LogP contribution is 2.50. The Kier molecular flexibility index (Phi) is 5.67. The molecule has 1 aromatic rings. The first kappa shape index (κ1) is 24.1. The molecule has 5 atom stereocenters. The number of hydrogen-bond donors (Lipinski definition) is 4. The Morgan fingerprint density at radius 3 is 2.44 bits per heavy atom. The molecule has 2 unspecified atom stereocenters. The fourth-order valence-corrected chi connectivity index (χ4v) is 6.00. The molecule has 36 heavy (non-hydrogen) atoms. The van der Waals surface area contributed by atoms with Crippen LogP contribution in [0.5, 0.6) is 5.75 Å². The number of nitrogens with one attached hydrogen (secondary N) is 1. The minimum absolute atomic E-state index is 0.0231. The summed E-state index contributed by atoms with van der Waals surface area (Å²) in [6, 6.07) is 2.55. The summed E-state index contributed by atoms with van der Waals surface area (Å²) in [6.45, 7) is 1.46. The highest BCUT2D eigenvalue weighted by Gasteiger charge is 2.66. The third kappa shape index (κ3) is 3.43. The third-order valence-electron chi connectivity index (χ3n) is 7.81. The second-order valence-electron chi connectivity index (χ2n) is 9.76. The molecule has 1 aromatic carbocycles. The van der Waals surface area contributed by atoms with Crippen LogP contribution in [0.1, 0.15) is 28.8 Å². The molecule has 0 bridgehead atoms. The van der Waals surface area contributed by atoms with E-state index in [1.165, 1.54) is 11.0 Å². The van der Waals surface area contributed by atoms with Gasteiger partial charge in [0.1, 0.15) is 5.75 Å². The fraction of sp³-hybridized carbons (Fsp3) is 0.500. The molecular weight excluding hydrogens is 474 g/mol. The molecule has 5 rings (SSSR count). The lowest BCUT2D eigenvalue weighted by molar-refractivity contribution is -0.175. The highest BCUT2D eigenvalue weighted by molar-refractivity contribution is 6.31. The van der Waals surface area contributed by atoms with Crippen molar-refractivity contribution >= 4 is 40.8 Å². The second kappa shape index (κ2) is 8.49. The number of carbonyl (C=O) groups excluding carboxylic acids is 6. The summed E-state index contributed by atoms with van der Waals surface area (Å²) in [4.78, 5) is 78.1. The van der Waals surface area contributed by atoms with Gasteiger partial charge in [0.25, 0.3) is 0 Å². The Labute approximate surface area is 204 Å². The van der Waals surface area contributed by atoms with Gasteiger partial charge in [-0.15, -0.1) is 0 Å². The van der Waals surface area contributed by atoms with Gasteiger partial charge in [-0.2, -0.15) is 0 Å². The van der Waals surface area contributed by atoms with Crippen LogP contribution in [0.2, 0.25) is 0 Å². The molecule has 1 aliphatic heterocycles. The SMILES string of the molecule is NC(=O)C1C(=O)C[C@@H]2C[C@@H]3Cc4ccc(NC(=O)N5CCOCC5)c(O)c4C(=O)C3C(=O)[C@]2(O)C1=O. The van der Waals surface area contributed by atoms with Crippen molar-refractivity contribution in [3.63, 3.8) is 0 Å². The monoisotopic (exact) mass is 499 g/mol. The number of primary amides is 1. The molecule has 0 aromatic heterocycles. The summed E-state index contributed by atoms with van der Waals surface area (Å²) in [7, 11) is 0. The van der Waals surface area contributed by atoms with Gasteiger partial charge in [0.05, 0.1) is 30.4 Å². The van der Waals surface area contributed by atoms with Gasteiger partial charge >= 0.3 is 6.03 Å². The topological polar surface area (TPSA) is 193 Å². The van der Waals surface area contributed by atoms with Crippen molar-refractivity contribution in [3.8, 4) is 5.75 Å². The number of aromatic hydroxyl groups is 1. The first-order valence-electron chi connectivity index (χ1n) is 11.7. The number of aliphatic hydroxyl groups is 1. The van der Waals surface area contributed by atoms with E-state index >= 15 is 0 Å². The predicted octanol–water partition coefficient (Wildman–Crippen LogP) is -0.809. The van der Waals surface area contributed by atoms with Crippen molar-refractivity contribution in [2.24, 2.45) is 29.4 Å². The maximum absolute atomic E-state index is 13.5. The van der Waals surface area contributed by atoms with Crippen LogP contribution in [-0.4, -0.2) is 82.1 Å². The van der Waals surface area contributed by atoms with Crippen LogP contribution in [-0.2, 0) is 30.3 Å². The number of phenols is 1. The number of fused-ring (bicyclic) bond motifs is 3. The standard InChI is InChI=1S/C24H25N3O9/c25-22(33)17-14(28)9-12-8-11-7-10-1-2-13(26-23(34)27-3-5-36-6-4-27)18(29)15(10)19(30)16(11)20(31)24(12,35)21(17)32/h1-2,11-12,16-17,29,35H,3-9H2,(H2,25,33)(H,26,34)/t11-,12-,16?,17?,24-/m0/s1. The number of rotatable bonds is 2. The Morgan fingerprint density at radius 1 is 1.08 bits per heavy atom. The Morgan fingerprint density at radius 2 is 1.78 bits per heavy atom. The van der Waals surface area contributed by atoms with Gasteiger partial charge in [-0.05, 0) is 30.4 Å². The van der Waals surface area contributed by atoms with Gasteiger partial charge in [-0.1, -0.05) is 6.07 Å². The van der Waals surface area contributed by atoms with Crippen molar-refractivity contribution in [3.05, 3.63) is 23.3 Å². The zero-order valence-corrected chi connectivity index (χ0v) is 19.2. The summed E-state index contributed by atoms with van der Waals surface area (Å²) in [5, 5.41) is 24.7. The number of carbonyl (C=O) groups is 6. The van der Waals surface area contributed by atoms with E-state index in [0.717, 1.165) is 0 Å². The molecule has 3 amide bonds. The van der Waals surface area contributed by atoms with Crippen molar-refractivity contribution < 1.29 is 43.7 Å². The van der Waals surface area contributed by atoms with Crippen LogP contribution >= 0.6 is 0 Å². The van der Waals surface area contributed by atoms with Gasteiger partial charge in [0, 0.05) is 25.4 Å². The Balaban J connectivity index is 1.47. The van der Waals surface area contributed by atoms with Gasteiger partial charge < -0.3 is 30.9 Å². The minimum atomic E-state index is -2.69. The lowest BCUT2D eigenvalue weighted by atomic mass is 9.54. The highest BCUT2D eigenvalue weighted by atomic mass is 16.5. The molecule has 190 valence electrons. The van der Waals surface area contributed by atoms with Crippen molar-refractivity contribution in [1.29, 1.82) is 0 Å². The molecule has 12 heteroatoms. The van der Waals surface area contributed by atoms with Gasteiger partial charge in [0.15, 0.2) is 34.7 Å². The minimum Gasteiger partial charge on any atom is -0.505 e. The lowest BCUT2D eigenvalue weighted by Gasteiger charge is -2.48. The second-order valence-corrected chi connectivity index (χ2v) is 9.76. The lowest BCUT2D eigenvalue weighted by Crippen LogP contribution is -2.68. The molecule has 5 N–H and O–H groups in total. The number of urea groups is 1. The molecular formula is C24H25N3O9. The van der Waals surface area contributed by atoms with Gasteiger partial charge in [-0.25, -0.2) is 4.79 Å². The molecule has 2 saturated carbocycles. The van der Waals surface area contributed by atoms with E-state index in [0.29, 0.717) is 31.9 Å². The van der Waals surface area contributed by atoms with E-state index < -0.39 is 70.1 Å². The number of phenolic OH excluding ortho intramolecular Hbond substituents is 1. The van der Waals surface area contributed by atoms with Crippen LogP contribution in [0.3, 0.4) is 0 Å². The average molecular weight is 499 g/mol. The van der Waals surface area contributed by atoms with Crippen molar-refractivity contribution in [2.45, 2.75) is 24.9 Å². The fourth-order valence-electron chi connectivity index (χ4n) is 6.00. The summed E-state index contributed by atoms with van der Waals surface area (Å²) in [5.74, 6) is -10.8. The van der Waals surface area contributed by atoms with Crippen LogP contribution in [0.25, 0.3) is 0 Å². The van der Waals surface area contributed by atoms with E-state index in [9.17, 15) is 39.0 Å². The van der Waals surface area contributed by atoms with Crippen LogP contribution < -0.4 is 11.1 Å². The largest absolute Gasteiger partial charge is 0.505 e. The Hall–Kier alpha value is -3.64. The predicted molar refractivity (Wildman–Crippen MR) is 120 cm³/mol. The number of morpholine rings is 1. The summed E-state index contributed by atoms with van der Waals surface area (Å²) in [5.41, 5.74) is 2.74. The average Bonchev–Trinajstić information content (AvgIpc) is 2.83. The first-order valence-corrected chi connectivity index (χ1v) is 11.7. The van der Waals surface area contributed by atoms with E-state index in [1.807, 2.05) is 0 Å². The third-order valence-corrected chi connectivity index (χ3v) is 7.81. The molecule has 1 saturated heterocycles. The zero-order valence-electron chi connectivity index (χ0n) is 19.2. The van der Waals surface area contributed by atoms with E-state index in [2.05, 4.69) is 5.32 Å². The van der Waals surface area contributed by atoms with Gasteiger partial charge in [-0.3, -0.25) is 24.0 Å². The molecule has 3 aliphatic carbocycles. The van der Waals surface area contributed by atoms with Crippen LogP contribution in [0, 0.1) is 23.7 Å². The number of nitrogens with two attached hydrogens (primary N) is 1. The number of ether oxygens (including phenoxy) is 1. The molecule has 0 radical (unpaired) electrons. The number of ketones is 4. The number of hydrogen-bond acceptors (Lipinski definition) is 9. The maximum Gasteiger partial charge on any atom is 0.322 e. The van der Waals surface area contributed by atoms with Crippen molar-refractivity contribution in [1.82, 2.24) is 4.90 Å². The van der Waals surface area contributed by atoms with Crippen LogP contribution in [0.15, 0.2) is 12.1 Å². The van der Waals surface area contributed by atoms with Crippen molar-refractivity contribution in [2.75, 3.05) is 31.6 Å². The number of benzene rings is 1. The van der Waals surface area contributed by atoms with Gasteiger partial charge in [0.2, 0.25) is 5.91 Å². The number of amides is 3. The summed E-state index contributed by atoms with van der Waals surface area (Å²) < 4.78 is 5.22. The number of nitrogens with zero attached hydrogens (tertiary/aromatic N) is 1. The summed E-state index contributed by atoms with van der Waals surface area (Å²) >= 11 is 0.